The number of rotatable bonds is 8. The van der Waals surface area contributed by atoms with E-state index in [1.54, 1.807) is 60.9 Å². The number of nitrogen functional groups attached to an aromatic ring is 2. The smallest absolute Gasteiger partial charge is 0.150 e. The Morgan fingerprint density at radius 1 is 0.532 bits per heavy atom. The molecule has 16 heteroatoms. The highest BCUT2D eigenvalue weighted by Gasteiger charge is 2.21. The van der Waals surface area contributed by atoms with Crippen LogP contribution in [0.15, 0.2) is 110 Å². The van der Waals surface area contributed by atoms with Crippen molar-refractivity contribution in [1.82, 2.24) is 29.9 Å². The molecular weight excluding hydrogens is 787 g/mol. The summed E-state index contributed by atoms with van der Waals surface area (Å²) in [5.41, 5.74) is 18.6. The first-order chi connectivity index (χ1) is 30.0. The van der Waals surface area contributed by atoms with Gasteiger partial charge in [-0.2, -0.15) is 21.0 Å². The lowest BCUT2D eigenvalue weighted by molar-refractivity contribution is 0.629. The maximum atomic E-state index is 14.1. The average Bonchev–Trinajstić information content (AvgIpc) is 3.28. The van der Waals surface area contributed by atoms with Crippen LogP contribution in [0.1, 0.15) is 59.3 Å². The highest BCUT2D eigenvalue weighted by molar-refractivity contribution is 5.98. The van der Waals surface area contributed by atoms with Crippen LogP contribution in [0.3, 0.4) is 0 Å². The Labute approximate surface area is 353 Å². The minimum absolute atomic E-state index is 0.0767. The van der Waals surface area contributed by atoms with Crippen molar-refractivity contribution in [3.05, 3.63) is 155 Å². The number of hydrogen-bond donors (Lipinski definition) is 4. The van der Waals surface area contributed by atoms with Crippen LogP contribution in [0.4, 0.5) is 32.1 Å². The number of nitrogens with zero attached hydrogens (tertiary/aromatic N) is 10. The van der Waals surface area contributed by atoms with E-state index in [9.17, 15) is 29.8 Å². The molecular formula is C46H32F2N14. The van der Waals surface area contributed by atoms with Gasteiger partial charge in [0.1, 0.15) is 70.8 Å². The lowest BCUT2D eigenvalue weighted by Crippen LogP contribution is -2.12. The molecule has 4 heterocycles. The fourth-order valence-electron chi connectivity index (χ4n) is 6.95. The highest BCUT2D eigenvalue weighted by atomic mass is 19.1. The maximum Gasteiger partial charge on any atom is 0.150 e. The molecule has 0 bridgehead atoms. The number of fused-ring (bicyclic) bond motifs is 2. The zero-order valence-corrected chi connectivity index (χ0v) is 32.9. The fraction of sp³-hybridized carbons (Fsp3) is 0.0870. The van der Waals surface area contributed by atoms with Gasteiger partial charge in [0.2, 0.25) is 0 Å². The molecule has 0 aliphatic heterocycles. The van der Waals surface area contributed by atoms with Gasteiger partial charge in [-0.05, 0) is 96.8 Å². The molecule has 2 atom stereocenters. The third-order valence-corrected chi connectivity index (χ3v) is 9.90. The van der Waals surface area contributed by atoms with Crippen LogP contribution in [0, 0.1) is 57.0 Å². The summed E-state index contributed by atoms with van der Waals surface area (Å²) in [4.78, 5) is 24.9. The molecule has 0 spiro atoms. The highest BCUT2D eigenvalue weighted by Crippen LogP contribution is 2.38. The van der Waals surface area contributed by atoms with Gasteiger partial charge in [0.15, 0.2) is 0 Å². The molecule has 62 heavy (non-hydrogen) atoms. The van der Waals surface area contributed by atoms with Crippen LogP contribution in [-0.4, -0.2) is 29.9 Å². The normalized spacial score (nSPS) is 11.5. The third kappa shape index (κ3) is 8.38. The lowest BCUT2D eigenvalue weighted by Gasteiger charge is -2.21. The standard InChI is InChI=1S/2C23H16FN7/c2*1-13(31-23-18(10-26)22(27)29-12-30-23)19-11-28-20-6-5-16(24)8-17(20)21(19)15-4-2-3-14(7-15)9-25/h2*2-8,11-13H,1H3,(H3,27,29,30,31)/t2*13-/m10/s1. The van der Waals surface area contributed by atoms with Gasteiger partial charge in [-0.25, -0.2) is 28.7 Å². The number of benzene rings is 4. The van der Waals surface area contributed by atoms with Crippen molar-refractivity contribution in [2.45, 2.75) is 25.9 Å². The number of aromatic nitrogens is 6. The van der Waals surface area contributed by atoms with Crippen LogP contribution in [0.5, 0.6) is 0 Å². The summed E-state index contributed by atoms with van der Waals surface area (Å²) in [5, 5.41) is 45.1. The molecule has 4 aromatic carbocycles. The fourth-order valence-corrected chi connectivity index (χ4v) is 6.95. The Bertz CT molecular complexity index is 2980. The summed E-state index contributed by atoms with van der Waals surface area (Å²) < 4.78 is 28.3. The van der Waals surface area contributed by atoms with Gasteiger partial charge in [-0.1, -0.05) is 24.3 Å². The van der Waals surface area contributed by atoms with Crippen molar-refractivity contribution in [2.24, 2.45) is 0 Å². The predicted octanol–water partition coefficient (Wildman–Crippen LogP) is 8.66. The van der Waals surface area contributed by atoms with E-state index in [1.807, 2.05) is 38.1 Å². The van der Waals surface area contributed by atoms with Gasteiger partial charge < -0.3 is 22.1 Å². The van der Waals surface area contributed by atoms with Gasteiger partial charge in [-0.15, -0.1) is 0 Å². The summed E-state index contributed by atoms with van der Waals surface area (Å²) in [6.45, 7) is 3.75. The molecule has 14 nitrogen and oxygen atoms in total. The first kappa shape index (κ1) is 41.1. The molecule has 0 aliphatic carbocycles. The molecule has 8 rings (SSSR count). The van der Waals surface area contributed by atoms with Crippen molar-refractivity contribution in [2.75, 3.05) is 22.1 Å². The van der Waals surface area contributed by atoms with Gasteiger partial charge in [-0.3, -0.25) is 9.97 Å². The summed E-state index contributed by atoms with van der Waals surface area (Å²) >= 11 is 0. The number of anilines is 4. The SMILES string of the molecule is C[C@@H](Nc1ncnc(N)c1C#N)c1cnc2ccc(F)cc2c1-c1cccc(C#N)c1.C[C@H](Nc1ncnc(N)c1C#N)c1cnc2ccc(F)cc2c1-c1cccc(C#N)c1. The Balaban J connectivity index is 0.000000186. The van der Waals surface area contributed by atoms with Gasteiger partial charge in [0.25, 0.3) is 0 Å². The Kier molecular flexibility index (Phi) is 11.8. The lowest BCUT2D eigenvalue weighted by atomic mass is 9.92. The molecule has 0 fully saturated rings. The van der Waals surface area contributed by atoms with Crippen LogP contribution in [0.2, 0.25) is 0 Å². The minimum Gasteiger partial charge on any atom is -0.382 e. The number of halogens is 2. The second-order valence-corrected chi connectivity index (χ2v) is 13.8. The van der Waals surface area contributed by atoms with Crippen LogP contribution in [-0.2, 0) is 0 Å². The van der Waals surface area contributed by atoms with Crippen molar-refractivity contribution < 1.29 is 8.78 Å². The molecule has 0 radical (unpaired) electrons. The Morgan fingerprint density at radius 2 is 0.952 bits per heavy atom. The molecule has 6 N–H and O–H groups in total. The maximum absolute atomic E-state index is 14.1. The predicted molar refractivity (Wildman–Crippen MR) is 230 cm³/mol. The molecule has 0 amide bonds. The molecule has 0 aliphatic rings. The summed E-state index contributed by atoms with van der Waals surface area (Å²) in [6.07, 6.45) is 5.94. The van der Waals surface area contributed by atoms with Crippen LogP contribution in [0.25, 0.3) is 44.1 Å². The summed E-state index contributed by atoms with van der Waals surface area (Å²) in [6, 6.07) is 30.5. The van der Waals surface area contributed by atoms with Crippen molar-refractivity contribution in [1.29, 1.82) is 21.0 Å². The number of nitrogens with two attached hydrogens (primary N) is 2. The van der Waals surface area contributed by atoms with Crippen molar-refractivity contribution in [3.8, 4) is 46.5 Å². The van der Waals surface area contributed by atoms with Crippen molar-refractivity contribution in [3.63, 3.8) is 0 Å². The van der Waals surface area contributed by atoms with E-state index in [-0.39, 0.29) is 46.5 Å². The van der Waals surface area contributed by atoms with E-state index in [2.05, 4.69) is 52.7 Å². The summed E-state index contributed by atoms with van der Waals surface area (Å²) in [5.74, 6) is -0.0435. The summed E-state index contributed by atoms with van der Waals surface area (Å²) in [7, 11) is 0. The third-order valence-electron chi connectivity index (χ3n) is 9.90. The molecule has 8 aromatic rings. The first-order valence-corrected chi connectivity index (χ1v) is 18.7. The van der Waals surface area contributed by atoms with E-state index in [0.717, 1.165) is 33.4 Å². The van der Waals surface area contributed by atoms with Crippen LogP contribution < -0.4 is 22.1 Å². The number of nitrogens with one attached hydrogen (secondary N) is 2. The van der Waals surface area contributed by atoms with Gasteiger partial charge >= 0.3 is 0 Å². The first-order valence-electron chi connectivity index (χ1n) is 18.7. The number of pyridine rings is 2. The van der Waals surface area contributed by atoms with E-state index in [1.165, 1.54) is 36.9 Å². The minimum atomic E-state index is -0.389. The number of hydrogen-bond acceptors (Lipinski definition) is 14. The molecule has 300 valence electrons. The molecule has 0 saturated heterocycles. The molecule has 4 aromatic heterocycles. The second kappa shape index (κ2) is 17.8. The number of nitriles is 4. The van der Waals surface area contributed by atoms with E-state index in [4.69, 9.17) is 11.5 Å². The molecule has 0 saturated carbocycles. The van der Waals surface area contributed by atoms with E-state index < -0.39 is 0 Å². The average molecular weight is 819 g/mol. The van der Waals surface area contributed by atoms with E-state index in [0.29, 0.717) is 44.6 Å². The van der Waals surface area contributed by atoms with E-state index >= 15 is 0 Å². The zero-order chi connectivity index (χ0) is 43.9. The zero-order valence-electron chi connectivity index (χ0n) is 32.9. The van der Waals surface area contributed by atoms with Gasteiger partial charge in [0, 0.05) is 34.3 Å². The Morgan fingerprint density at radius 3 is 1.34 bits per heavy atom. The monoisotopic (exact) mass is 818 g/mol. The largest absolute Gasteiger partial charge is 0.382 e. The molecule has 0 unspecified atom stereocenters. The van der Waals surface area contributed by atoms with Crippen molar-refractivity contribution >= 4 is 45.1 Å². The Hall–Kier alpha value is -9.12. The van der Waals surface area contributed by atoms with Gasteiger partial charge in [0.05, 0.1) is 46.4 Å². The quantitative estimate of drug-likeness (QED) is 0.112. The topological polar surface area (TPSA) is 249 Å². The second-order valence-electron chi connectivity index (χ2n) is 13.8. The van der Waals surface area contributed by atoms with Crippen LogP contribution >= 0.6 is 0 Å².